The number of esters is 1. The molecule has 1 N–H and O–H groups in total. The monoisotopic (exact) mass is 492 g/mol. The zero-order valence-electron chi connectivity index (χ0n) is 16.9. The third-order valence-electron chi connectivity index (χ3n) is 4.28. The Morgan fingerprint density at radius 2 is 1.94 bits per heavy atom. The number of aryl methyl sites for hydroxylation is 1. The van der Waals surface area contributed by atoms with Gasteiger partial charge in [0.2, 0.25) is 0 Å². The van der Waals surface area contributed by atoms with E-state index in [-0.39, 0.29) is 21.6 Å². The molecular formula is C21H15Cl2FN4O5. The fraction of sp³-hybridized carbons (Fsp3) is 0.0952. The molecule has 3 aromatic rings. The zero-order valence-corrected chi connectivity index (χ0v) is 18.4. The number of nitrogens with one attached hydrogen (secondary N) is 1. The van der Waals surface area contributed by atoms with Crippen LogP contribution in [0.3, 0.4) is 0 Å². The summed E-state index contributed by atoms with van der Waals surface area (Å²) in [5, 5.41) is 18.0. The highest BCUT2D eigenvalue weighted by atomic mass is 35.5. The Hall–Kier alpha value is -3.76. The lowest BCUT2D eigenvalue weighted by atomic mass is 10.2. The highest BCUT2D eigenvalue weighted by Gasteiger charge is 2.17. The van der Waals surface area contributed by atoms with Crippen molar-refractivity contribution >= 4 is 52.5 Å². The molecule has 1 aromatic heterocycles. The van der Waals surface area contributed by atoms with Crippen LogP contribution < -0.4 is 5.32 Å². The van der Waals surface area contributed by atoms with Gasteiger partial charge in [-0.2, -0.15) is 5.10 Å². The highest BCUT2D eigenvalue weighted by Crippen LogP contribution is 2.28. The molecule has 0 unspecified atom stereocenters. The van der Waals surface area contributed by atoms with Gasteiger partial charge in [0, 0.05) is 22.7 Å². The van der Waals surface area contributed by atoms with Crippen molar-refractivity contribution in [2.45, 2.75) is 6.92 Å². The zero-order chi connectivity index (χ0) is 24.1. The van der Waals surface area contributed by atoms with Gasteiger partial charge in [-0.05, 0) is 49.4 Å². The van der Waals surface area contributed by atoms with E-state index in [4.69, 9.17) is 27.9 Å². The van der Waals surface area contributed by atoms with E-state index >= 15 is 0 Å². The lowest BCUT2D eigenvalue weighted by molar-refractivity contribution is -0.383. The minimum atomic E-state index is -0.851. The number of anilines is 1. The molecule has 9 nitrogen and oxygen atoms in total. The number of halogens is 3. The summed E-state index contributed by atoms with van der Waals surface area (Å²) in [7, 11) is 0. The topological polar surface area (TPSA) is 116 Å². The summed E-state index contributed by atoms with van der Waals surface area (Å²) in [5.74, 6) is -2.05. The summed E-state index contributed by atoms with van der Waals surface area (Å²) in [6, 6.07) is 9.19. The maximum absolute atomic E-state index is 13.1. The second-order valence-electron chi connectivity index (χ2n) is 6.59. The van der Waals surface area contributed by atoms with Crippen LogP contribution in [0, 0.1) is 22.9 Å². The Morgan fingerprint density at radius 3 is 2.61 bits per heavy atom. The van der Waals surface area contributed by atoms with E-state index in [9.17, 15) is 24.1 Å². The number of benzene rings is 2. The number of ether oxygens (including phenoxy) is 1. The van der Waals surface area contributed by atoms with Gasteiger partial charge in [-0.15, -0.1) is 0 Å². The molecule has 0 aliphatic heterocycles. The minimum Gasteiger partial charge on any atom is -0.452 e. The summed E-state index contributed by atoms with van der Waals surface area (Å²) in [6.45, 7) is 0.983. The van der Waals surface area contributed by atoms with E-state index in [1.165, 1.54) is 47.2 Å². The van der Waals surface area contributed by atoms with Crippen molar-refractivity contribution in [2.24, 2.45) is 0 Å². The van der Waals surface area contributed by atoms with Gasteiger partial charge in [0.05, 0.1) is 16.3 Å². The van der Waals surface area contributed by atoms with Crippen LogP contribution >= 0.6 is 23.2 Å². The van der Waals surface area contributed by atoms with Gasteiger partial charge >= 0.3 is 5.97 Å². The second-order valence-corrected chi connectivity index (χ2v) is 7.38. The second kappa shape index (κ2) is 10.2. The first-order chi connectivity index (χ1) is 15.7. The number of carbonyl (C=O) groups excluding carboxylic acids is 2. The molecule has 0 saturated heterocycles. The third-order valence-corrected chi connectivity index (χ3v) is 4.88. The number of hydrogen-bond acceptors (Lipinski definition) is 6. The molecule has 33 heavy (non-hydrogen) atoms. The summed E-state index contributed by atoms with van der Waals surface area (Å²) in [5.41, 5.74) is 0.969. The number of hydrogen-bond donors (Lipinski definition) is 1. The quantitative estimate of drug-likeness (QED) is 0.220. The predicted molar refractivity (Wildman–Crippen MR) is 120 cm³/mol. The van der Waals surface area contributed by atoms with E-state index < -0.39 is 29.2 Å². The lowest BCUT2D eigenvalue weighted by Gasteiger charge is -2.06. The highest BCUT2D eigenvalue weighted by molar-refractivity contribution is 6.31. The van der Waals surface area contributed by atoms with Crippen molar-refractivity contribution in [3.05, 3.63) is 85.9 Å². The minimum absolute atomic E-state index is 0.125. The largest absolute Gasteiger partial charge is 0.452 e. The molecule has 0 aliphatic carbocycles. The molecule has 0 bridgehead atoms. The first-order valence-electron chi connectivity index (χ1n) is 9.25. The SMILES string of the molecule is Cc1nn(-c2ccc(F)cc2)c(Cl)c1/C=C/C(=O)OCC(=O)Nc1cc(Cl)ccc1[N+](=O)[O-]. The van der Waals surface area contributed by atoms with Crippen LogP contribution in [0.25, 0.3) is 11.8 Å². The molecule has 170 valence electrons. The Kier molecular flexibility index (Phi) is 7.41. The molecule has 3 rings (SSSR count). The van der Waals surface area contributed by atoms with Crippen molar-refractivity contribution in [3.63, 3.8) is 0 Å². The first kappa shape index (κ1) is 23.9. The number of nitro benzene ring substituents is 1. The fourth-order valence-corrected chi connectivity index (χ4v) is 3.25. The maximum atomic E-state index is 13.1. The van der Waals surface area contributed by atoms with Gasteiger partial charge in [-0.25, -0.2) is 13.9 Å². The molecule has 1 heterocycles. The average molecular weight is 493 g/mol. The number of nitro groups is 1. The molecule has 0 atom stereocenters. The Morgan fingerprint density at radius 1 is 1.24 bits per heavy atom. The van der Waals surface area contributed by atoms with E-state index in [1.807, 2.05) is 0 Å². The van der Waals surface area contributed by atoms with Gasteiger partial charge in [0.15, 0.2) is 6.61 Å². The van der Waals surface area contributed by atoms with Gasteiger partial charge in [0.1, 0.15) is 16.7 Å². The molecule has 0 saturated carbocycles. The third kappa shape index (κ3) is 5.93. The fourth-order valence-electron chi connectivity index (χ4n) is 2.74. The number of carbonyl (C=O) groups is 2. The Bertz CT molecular complexity index is 1260. The van der Waals surface area contributed by atoms with Crippen molar-refractivity contribution in [1.29, 1.82) is 0 Å². The Labute approximate surface area is 196 Å². The van der Waals surface area contributed by atoms with Crippen molar-refractivity contribution < 1.29 is 23.6 Å². The van der Waals surface area contributed by atoms with E-state index in [0.717, 1.165) is 12.1 Å². The summed E-state index contributed by atoms with van der Waals surface area (Å²) in [4.78, 5) is 34.4. The van der Waals surface area contributed by atoms with Gasteiger partial charge < -0.3 is 10.1 Å². The standard InChI is InChI=1S/C21H15Cl2FN4O5/c1-12-16(21(23)27(26-12)15-5-3-14(24)4-6-15)7-9-20(30)33-11-19(29)25-17-10-13(22)2-8-18(17)28(31)32/h2-10H,11H2,1H3,(H,25,29)/b9-7+. The van der Waals surface area contributed by atoms with Crippen LogP contribution in [0.1, 0.15) is 11.3 Å². The number of nitrogens with zero attached hydrogens (tertiary/aromatic N) is 3. The van der Waals surface area contributed by atoms with Crippen LogP contribution in [0.15, 0.2) is 48.5 Å². The van der Waals surface area contributed by atoms with Gasteiger partial charge in [-0.3, -0.25) is 14.9 Å². The van der Waals surface area contributed by atoms with Gasteiger partial charge in [-0.1, -0.05) is 23.2 Å². The van der Waals surface area contributed by atoms with Crippen molar-refractivity contribution in [3.8, 4) is 5.69 Å². The van der Waals surface area contributed by atoms with E-state index in [2.05, 4.69) is 10.4 Å². The smallest absolute Gasteiger partial charge is 0.331 e. The maximum Gasteiger partial charge on any atom is 0.331 e. The lowest BCUT2D eigenvalue weighted by Crippen LogP contribution is -2.20. The number of rotatable bonds is 7. The van der Waals surface area contributed by atoms with Crippen molar-refractivity contribution in [2.75, 3.05) is 11.9 Å². The van der Waals surface area contributed by atoms with E-state index in [0.29, 0.717) is 16.9 Å². The van der Waals surface area contributed by atoms with Crippen LogP contribution in [-0.2, 0) is 14.3 Å². The van der Waals surface area contributed by atoms with Gasteiger partial charge in [0.25, 0.3) is 11.6 Å². The Balaban J connectivity index is 1.63. The summed E-state index contributed by atoms with van der Waals surface area (Å²) in [6.07, 6.45) is 2.42. The molecule has 12 heteroatoms. The molecule has 0 aliphatic rings. The summed E-state index contributed by atoms with van der Waals surface area (Å²) >= 11 is 12.1. The molecule has 0 spiro atoms. The predicted octanol–water partition coefficient (Wildman–Crippen LogP) is 4.73. The number of amides is 1. The molecular weight excluding hydrogens is 478 g/mol. The van der Waals surface area contributed by atoms with E-state index in [1.54, 1.807) is 6.92 Å². The molecule has 2 aromatic carbocycles. The van der Waals surface area contributed by atoms with Crippen LogP contribution in [0.4, 0.5) is 15.8 Å². The van der Waals surface area contributed by atoms with Crippen LogP contribution in [0.2, 0.25) is 10.2 Å². The molecule has 1 amide bonds. The number of aromatic nitrogens is 2. The normalized spacial score (nSPS) is 10.9. The molecule has 0 radical (unpaired) electrons. The average Bonchev–Trinajstić information content (AvgIpc) is 3.04. The molecule has 0 fully saturated rings. The van der Waals surface area contributed by atoms with Crippen molar-refractivity contribution in [1.82, 2.24) is 9.78 Å². The van der Waals surface area contributed by atoms with Crippen LogP contribution in [-0.4, -0.2) is 33.2 Å². The van der Waals surface area contributed by atoms with Crippen LogP contribution in [0.5, 0.6) is 0 Å². The first-order valence-corrected chi connectivity index (χ1v) is 10.0. The summed E-state index contributed by atoms with van der Waals surface area (Å²) < 4.78 is 19.4.